The van der Waals surface area contributed by atoms with Gasteiger partial charge in [0.05, 0.1) is 0 Å². The van der Waals surface area contributed by atoms with Crippen LogP contribution in [-0.4, -0.2) is 4.98 Å². The Morgan fingerprint density at radius 3 is 2.71 bits per heavy atom. The second-order valence-corrected chi connectivity index (χ2v) is 3.75. The lowest BCUT2D eigenvalue weighted by atomic mass is 10.2. The van der Waals surface area contributed by atoms with Gasteiger partial charge in [0.2, 0.25) is 5.88 Å². The van der Waals surface area contributed by atoms with Crippen molar-refractivity contribution in [2.75, 3.05) is 0 Å². The van der Waals surface area contributed by atoms with Crippen molar-refractivity contribution in [3.05, 3.63) is 54.0 Å². The van der Waals surface area contributed by atoms with Gasteiger partial charge in [-0.05, 0) is 24.6 Å². The molecule has 0 saturated carbocycles. The lowest BCUT2D eigenvalue weighted by Gasteiger charge is -2.06. The van der Waals surface area contributed by atoms with Crippen LogP contribution in [0.25, 0.3) is 0 Å². The van der Waals surface area contributed by atoms with Gasteiger partial charge in [-0.2, -0.15) is 0 Å². The molecule has 0 amide bonds. The Balaban J connectivity index is 2.18. The smallest absolute Gasteiger partial charge is 0.219 e. The zero-order valence-corrected chi connectivity index (χ0v) is 9.69. The van der Waals surface area contributed by atoms with Crippen LogP contribution in [0, 0.1) is 5.82 Å². The van der Waals surface area contributed by atoms with Gasteiger partial charge < -0.3 is 4.74 Å². The molecular formula is C14H14FNO. The Bertz CT molecular complexity index is 499. The van der Waals surface area contributed by atoms with E-state index >= 15 is 0 Å². The van der Waals surface area contributed by atoms with Crippen LogP contribution in [0.2, 0.25) is 0 Å². The number of rotatable bonds is 4. The van der Waals surface area contributed by atoms with Crippen molar-refractivity contribution >= 4 is 0 Å². The molecule has 0 bridgehead atoms. The van der Waals surface area contributed by atoms with Crippen LogP contribution in [0.5, 0.6) is 11.6 Å². The van der Waals surface area contributed by atoms with E-state index in [2.05, 4.69) is 11.9 Å². The largest absolute Gasteiger partial charge is 0.436 e. The van der Waals surface area contributed by atoms with Crippen molar-refractivity contribution in [3.8, 4) is 11.6 Å². The summed E-state index contributed by atoms with van der Waals surface area (Å²) >= 11 is 0. The highest BCUT2D eigenvalue weighted by atomic mass is 19.1. The highest BCUT2D eigenvalue weighted by Gasteiger charge is 2.04. The zero-order valence-electron chi connectivity index (χ0n) is 9.69. The van der Waals surface area contributed by atoms with Crippen molar-refractivity contribution in [2.45, 2.75) is 19.8 Å². The summed E-state index contributed by atoms with van der Waals surface area (Å²) in [6, 6.07) is 11.9. The van der Waals surface area contributed by atoms with Crippen molar-refractivity contribution in [2.24, 2.45) is 0 Å². The van der Waals surface area contributed by atoms with Crippen LogP contribution in [-0.2, 0) is 6.42 Å². The quantitative estimate of drug-likeness (QED) is 0.794. The van der Waals surface area contributed by atoms with Gasteiger partial charge >= 0.3 is 0 Å². The number of hydrogen-bond donors (Lipinski definition) is 0. The Hall–Kier alpha value is -1.90. The first-order valence-corrected chi connectivity index (χ1v) is 5.68. The van der Waals surface area contributed by atoms with Gasteiger partial charge in [0.15, 0.2) is 11.6 Å². The highest BCUT2D eigenvalue weighted by Crippen LogP contribution is 2.22. The van der Waals surface area contributed by atoms with E-state index in [-0.39, 0.29) is 11.6 Å². The van der Waals surface area contributed by atoms with Crippen LogP contribution < -0.4 is 4.74 Å². The molecule has 2 aromatic rings. The molecule has 0 aliphatic heterocycles. The van der Waals surface area contributed by atoms with E-state index in [0.717, 1.165) is 18.5 Å². The summed E-state index contributed by atoms with van der Waals surface area (Å²) in [5, 5.41) is 0. The average molecular weight is 231 g/mol. The summed E-state index contributed by atoms with van der Waals surface area (Å²) in [6.45, 7) is 2.09. The number of halogens is 1. The Morgan fingerprint density at radius 1 is 1.12 bits per heavy atom. The van der Waals surface area contributed by atoms with E-state index < -0.39 is 0 Å². The van der Waals surface area contributed by atoms with Gasteiger partial charge in [0, 0.05) is 11.8 Å². The zero-order chi connectivity index (χ0) is 12.1. The van der Waals surface area contributed by atoms with Gasteiger partial charge in [-0.25, -0.2) is 9.37 Å². The molecule has 0 unspecified atom stereocenters. The molecule has 88 valence electrons. The maximum atomic E-state index is 13.4. The molecule has 17 heavy (non-hydrogen) atoms. The number of benzene rings is 1. The van der Waals surface area contributed by atoms with E-state index in [9.17, 15) is 4.39 Å². The van der Waals surface area contributed by atoms with Gasteiger partial charge in [0.25, 0.3) is 0 Å². The minimum atomic E-state index is -0.379. The number of aromatic nitrogens is 1. The molecule has 0 saturated heterocycles. The molecule has 0 atom stereocenters. The van der Waals surface area contributed by atoms with E-state index in [0.29, 0.717) is 5.88 Å². The monoisotopic (exact) mass is 231 g/mol. The SMILES string of the molecule is CCCc1cccc(Oc2ccccc2F)n1. The molecule has 2 rings (SSSR count). The minimum absolute atomic E-state index is 0.202. The molecule has 0 N–H and O–H groups in total. The molecule has 1 heterocycles. The number of nitrogens with zero attached hydrogens (tertiary/aromatic N) is 1. The Morgan fingerprint density at radius 2 is 1.94 bits per heavy atom. The first kappa shape index (κ1) is 11.6. The summed E-state index contributed by atoms with van der Waals surface area (Å²) in [4.78, 5) is 4.31. The predicted molar refractivity (Wildman–Crippen MR) is 64.7 cm³/mol. The van der Waals surface area contributed by atoms with E-state index in [4.69, 9.17) is 4.74 Å². The van der Waals surface area contributed by atoms with Crippen LogP contribution >= 0.6 is 0 Å². The molecule has 3 heteroatoms. The summed E-state index contributed by atoms with van der Waals surface area (Å²) in [5.74, 6) is 0.255. The van der Waals surface area contributed by atoms with Crippen molar-refractivity contribution < 1.29 is 9.13 Å². The van der Waals surface area contributed by atoms with E-state index in [1.165, 1.54) is 6.07 Å². The molecule has 1 aromatic heterocycles. The first-order valence-electron chi connectivity index (χ1n) is 5.68. The van der Waals surface area contributed by atoms with E-state index in [1.54, 1.807) is 24.3 Å². The maximum absolute atomic E-state index is 13.4. The van der Waals surface area contributed by atoms with Gasteiger partial charge in [-0.15, -0.1) is 0 Å². The third-order valence-electron chi connectivity index (χ3n) is 2.34. The van der Waals surface area contributed by atoms with E-state index in [1.807, 2.05) is 12.1 Å². The fraction of sp³-hybridized carbons (Fsp3) is 0.214. The first-order chi connectivity index (χ1) is 8.29. The van der Waals surface area contributed by atoms with Crippen molar-refractivity contribution in [1.82, 2.24) is 4.98 Å². The van der Waals surface area contributed by atoms with Crippen LogP contribution in [0.15, 0.2) is 42.5 Å². The summed E-state index contributed by atoms with van der Waals surface area (Å²) < 4.78 is 18.8. The average Bonchev–Trinajstić information content (AvgIpc) is 2.33. The molecule has 0 spiro atoms. The molecular weight excluding hydrogens is 217 g/mol. The van der Waals surface area contributed by atoms with Crippen LogP contribution in [0.3, 0.4) is 0 Å². The lowest BCUT2D eigenvalue weighted by molar-refractivity contribution is 0.426. The Labute approximate surface area is 100 Å². The molecule has 1 aromatic carbocycles. The van der Waals surface area contributed by atoms with Crippen LogP contribution in [0.4, 0.5) is 4.39 Å². The number of aryl methyl sites for hydroxylation is 1. The molecule has 0 aliphatic carbocycles. The maximum Gasteiger partial charge on any atom is 0.219 e. The Kier molecular flexibility index (Phi) is 3.70. The van der Waals surface area contributed by atoms with Crippen molar-refractivity contribution in [1.29, 1.82) is 0 Å². The topological polar surface area (TPSA) is 22.1 Å². The van der Waals surface area contributed by atoms with Gasteiger partial charge in [-0.3, -0.25) is 0 Å². The summed E-state index contributed by atoms with van der Waals surface area (Å²) in [6.07, 6.45) is 1.92. The molecule has 0 aliphatic rings. The number of hydrogen-bond acceptors (Lipinski definition) is 2. The summed E-state index contributed by atoms with van der Waals surface area (Å²) in [7, 11) is 0. The summed E-state index contributed by atoms with van der Waals surface area (Å²) in [5.41, 5.74) is 0.960. The lowest BCUT2D eigenvalue weighted by Crippen LogP contribution is -1.94. The molecule has 0 fully saturated rings. The molecule has 0 radical (unpaired) electrons. The van der Waals surface area contributed by atoms with Crippen molar-refractivity contribution in [3.63, 3.8) is 0 Å². The minimum Gasteiger partial charge on any atom is -0.436 e. The van der Waals surface area contributed by atoms with Crippen LogP contribution in [0.1, 0.15) is 19.0 Å². The molecule has 2 nitrogen and oxygen atoms in total. The highest BCUT2D eigenvalue weighted by molar-refractivity contribution is 5.28. The fourth-order valence-electron chi connectivity index (χ4n) is 1.55. The predicted octanol–water partition coefficient (Wildman–Crippen LogP) is 3.97. The van der Waals surface area contributed by atoms with Gasteiger partial charge in [0.1, 0.15) is 0 Å². The standard InChI is InChI=1S/C14H14FNO/c1-2-6-11-7-5-10-14(16-11)17-13-9-4-3-8-12(13)15/h3-5,7-10H,2,6H2,1H3. The second kappa shape index (κ2) is 5.43. The number of pyridine rings is 1. The third kappa shape index (κ3) is 3.03. The number of ether oxygens (including phenoxy) is 1. The normalized spacial score (nSPS) is 10.2. The fourth-order valence-corrected chi connectivity index (χ4v) is 1.55. The second-order valence-electron chi connectivity index (χ2n) is 3.75. The number of para-hydroxylation sites is 1. The van der Waals surface area contributed by atoms with Gasteiger partial charge in [-0.1, -0.05) is 31.5 Å². The third-order valence-corrected chi connectivity index (χ3v) is 2.34.